The number of rotatable bonds is 8. The molecule has 0 radical (unpaired) electrons. The van der Waals surface area contributed by atoms with Crippen LogP contribution in [0.15, 0.2) is 68.5 Å². The van der Waals surface area contributed by atoms with Crippen molar-refractivity contribution in [2.24, 2.45) is 0 Å². The fraction of sp³-hybridized carbons (Fsp3) is 0.227. The quantitative estimate of drug-likeness (QED) is 0.448. The summed E-state index contributed by atoms with van der Waals surface area (Å²) in [7, 11) is 1.61. The smallest absolute Gasteiger partial charge is 0.336 e. The van der Waals surface area contributed by atoms with Crippen LogP contribution in [-0.4, -0.2) is 13.7 Å². The van der Waals surface area contributed by atoms with Crippen LogP contribution in [0.5, 0.6) is 5.75 Å². The Hall–Kier alpha value is -2.41. The molecule has 1 unspecified atom stereocenters. The molecule has 3 heterocycles. The standard InChI is InChI=1S/C22H21NO3S2/c1-25-17-6-7-20-16(12-22(24)26-21(20)13-17)14-23(15-19-5-3-11-28-19)9-8-18-4-2-10-27-18/h2-7,10-13H,8-9,14-15H2,1H3/p+1. The number of nitrogens with one attached hydrogen (secondary N) is 1. The van der Waals surface area contributed by atoms with Crippen LogP contribution in [0.1, 0.15) is 15.3 Å². The maximum absolute atomic E-state index is 12.1. The van der Waals surface area contributed by atoms with E-state index in [2.05, 4.69) is 35.0 Å². The van der Waals surface area contributed by atoms with E-state index in [1.54, 1.807) is 41.9 Å². The highest BCUT2D eigenvalue weighted by Gasteiger charge is 2.16. The van der Waals surface area contributed by atoms with Crippen LogP contribution in [0.25, 0.3) is 11.0 Å². The Morgan fingerprint density at radius 2 is 1.79 bits per heavy atom. The SMILES string of the molecule is COc1ccc2c(C[NH+](CCc3cccs3)Cc3cccs3)cc(=O)oc2c1. The first-order valence-electron chi connectivity index (χ1n) is 9.20. The lowest BCUT2D eigenvalue weighted by Crippen LogP contribution is -3.09. The highest BCUT2D eigenvalue weighted by Crippen LogP contribution is 2.22. The second kappa shape index (κ2) is 8.73. The van der Waals surface area contributed by atoms with E-state index >= 15 is 0 Å². The van der Waals surface area contributed by atoms with Crippen LogP contribution in [0.4, 0.5) is 0 Å². The molecule has 3 aromatic heterocycles. The van der Waals surface area contributed by atoms with Crippen molar-refractivity contribution in [1.29, 1.82) is 0 Å². The van der Waals surface area contributed by atoms with Gasteiger partial charge in [-0.2, -0.15) is 0 Å². The minimum Gasteiger partial charge on any atom is -0.497 e. The lowest BCUT2D eigenvalue weighted by Gasteiger charge is -2.19. The molecule has 0 aliphatic rings. The Bertz CT molecular complexity index is 1080. The van der Waals surface area contributed by atoms with Gasteiger partial charge in [0.2, 0.25) is 0 Å². The third-order valence-electron chi connectivity index (χ3n) is 4.79. The summed E-state index contributed by atoms with van der Waals surface area (Å²) in [5.41, 5.74) is 1.28. The van der Waals surface area contributed by atoms with E-state index in [1.807, 2.05) is 12.1 Å². The van der Waals surface area contributed by atoms with E-state index < -0.39 is 0 Å². The van der Waals surface area contributed by atoms with Crippen molar-refractivity contribution in [1.82, 2.24) is 0 Å². The summed E-state index contributed by atoms with van der Waals surface area (Å²) in [6.07, 6.45) is 1.03. The minimum absolute atomic E-state index is 0.315. The van der Waals surface area contributed by atoms with Gasteiger partial charge < -0.3 is 14.1 Å². The average molecular weight is 413 g/mol. The Balaban J connectivity index is 1.62. The molecule has 0 saturated carbocycles. The highest BCUT2D eigenvalue weighted by molar-refractivity contribution is 7.10. The summed E-state index contributed by atoms with van der Waals surface area (Å²) in [6, 6.07) is 15.9. The zero-order valence-electron chi connectivity index (χ0n) is 15.6. The normalized spacial score (nSPS) is 12.3. The van der Waals surface area contributed by atoms with Crippen molar-refractivity contribution in [2.45, 2.75) is 19.5 Å². The van der Waals surface area contributed by atoms with Gasteiger partial charge in [0, 0.05) is 34.4 Å². The average Bonchev–Trinajstić information content (AvgIpc) is 3.39. The van der Waals surface area contributed by atoms with Crippen molar-refractivity contribution >= 4 is 33.6 Å². The number of thiophene rings is 2. The number of hydrogen-bond acceptors (Lipinski definition) is 5. The second-order valence-electron chi connectivity index (χ2n) is 6.72. The van der Waals surface area contributed by atoms with Gasteiger partial charge in [0.25, 0.3) is 0 Å². The minimum atomic E-state index is -0.315. The molecule has 1 N–H and O–H groups in total. The third kappa shape index (κ3) is 4.52. The summed E-state index contributed by atoms with van der Waals surface area (Å²) in [4.78, 5) is 16.3. The predicted octanol–water partition coefficient (Wildman–Crippen LogP) is 3.75. The third-order valence-corrected chi connectivity index (χ3v) is 6.60. The Morgan fingerprint density at radius 3 is 2.50 bits per heavy atom. The topological polar surface area (TPSA) is 43.9 Å². The number of hydrogen-bond donors (Lipinski definition) is 1. The highest BCUT2D eigenvalue weighted by atomic mass is 32.1. The molecule has 0 bridgehead atoms. The molecule has 0 fully saturated rings. The van der Waals surface area contributed by atoms with E-state index in [4.69, 9.17) is 9.15 Å². The first kappa shape index (κ1) is 18.9. The maximum atomic E-state index is 12.1. The molecule has 6 heteroatoms. The van der Waals surface area contributed by atoms with Crippen LogP contribution in [0, 0.1) is 0 Å². The Kier molecular flexibility index (Phi) is 5.90. The molecule has 0 amide bonds. The van der Waals surface area contributed by atoms with Crippen molar-refractivity contribution in [3.63, 3.8) is 0 Å². The first-order valence-corrected chi connectivity index (χ1v) is 11.0. The Morgan fingerprint density at radius 1 is 1.00 bits per heavy atom. The number of benzene rings is 1. The predicted molar refractivity (Wildman–Crippen MR) is 115 cm³/mol. The molecule has 0 spiro atoms. The number of ether oxygens (including phenoxy) is 1. The van der Waals surface area contributed by atoms with Gasteiger partial charge in [-0.25, -0.2) is 4.79 Å². The summed E-state index contributed by atoms with van der Waals surface area (Å²) in [5, 5.41) is 5.21. The van der Waals surface area contributed by atoms with Crippen LogP contribution >= 0.6 is 22.7 Å². The van der Waals surface area contributed by atoms with E-state index in [9.17, 15) is 4.79 Å². The maximum Gasteiger partial charge on any atom is 0.336 e. The molecule has 1 aromatic carbocycles. The zero-order valence-corrected chi connectivity index (χ0v) is 17.3. The zero-order chi connectivity index (χ0) is 19.3. The molecule has 0 aliphatic heterocycles. The fourth-order valence-corrected chi connectivity index (χ4v) is 4.89. The van der Waals surface area contributed by atoms with Crippen LogP contribution in [0.2, 0.25) is 0 Å². The summed E-state index contributed by atoms with van der Waals surface area (Å²) in [5.74, 6) is 0.688. The van der Waals surface area contributed by atoms with E-state index in [1.165, 1.54) is 14.7 Å². The van der Waals surface area contributed by atoms with E-state index in [-0.39, 0.29) is 5.63 Å². The van der Waals surface area contributed by atoms with Gasteiger partial charge in [0.1, 0.15) is 24.4 Å². The molecular weight excluding hydrogens is 390 g/mol. The van der Waals surface area contributed by atoms with Crippen LogP contribution in [0.3, 0.4) is 0 Å². The van der Waals surface area contributed by atoms with Gasteiger partial charge in [-0.3, -0.25) is 0 Å². The number of fused-ring (bicyclic) bond motifs is 1. The van der Waals surface area contributed by atoms with E-state index in [0.29, 0.717) is 11.3 Å². The van der Waals surface area contributed by atoms with Crippen molar-refractivity contribution in [3.8, 4) is 5.75 Å². The molecule has 0 aliphatic carbocycles. The van der Waals surface area contributed by atoms with Crippen molar-refractivity contribution in [2.75, 3.05) is 13.7 Å². The molecule has 28 heavy (non-hydrogen) atoms. The number of quaternary nitrogens is 1. The van der Waals surface area contributed by atoms with Crippen LogP contribution in [-0.2, 0) is 19.5 Å². The monoisotopic (exact) mass is 412 g/mol. The summed E-state index contributed by atoms with van der Waals surface area (Å²) < 4.78 is 10.7. The largest absolute Gasteiger partial charge is 0.497 e. The lowest BCUT2D eigenvalue weighted by molar-refractivity contribution is -0.927. The Labute approximate surface area is 171 Å². The molecule has 1 atom stereocenters. The van der Waals surface area contributed by atoms with Gasteiger partial charge >= 0.3 is 5.63 Å². The van der Waals surface area contributed by atoms with Gasteiger partial charge in [0.05, 0.1) is 18.5 Å². The van der Waals surface area contributed by atoms with Crippen LogP contribution < -0.4 is 15.3 Å². The van der Waals surface area contributed by atoms with Gasteiger partial charge in [-0.15, -0.1) is 22.7 Å². The molecule has 4 rings (SSSR count). The molecular formula is C22H22NO3S2+. The summed E-state index contributed by atoms with van der Waals surface area (Å²) in [6.45, 7) is 2.73. The lowest BCUT2D eigenvalue weighted by atomic mass is 10.1. The van der Waals surface area contributed by atoms with E-state index in [0.717, 1.165) is 37.0 Å². The number of methoxy groups -OCH3 is 1. The molecule has 144 valence electrons. The van der Waals surface area contributed by atoms with Gasteiger partial charge in [-0.1, -0.05) is 12.1 Å². The fourth-order valence-electron chi connectivity index (χ4n) is 3.41. The van der Waals surface area contributed by atoms with Gasteiger partial charge in [-0.05, 0) is 35.0 Å². The summed E-state index contributed by atoms with van der Waals surface area (Å²) >= 11 is 3.58. The second-order valence-corrected chi connectivity index (χ2v) is 8.78. The molecule has 0 saturated heterocycles. The van der Waals surface area contributed by atoms with Gasteiger partial charge in [0.15, 0.2) is 0 Å². The van der Waals surface area contributed by atoms with Crippen molar-refractivity contribution in [3.05, 3.63) is 85.0 Å². The molecule has 4 nitrogen and oxygen atoms in total. The first-order chi connectivity index (χ1) is 13.7. The molecule has 4 aromatic rings. The van der Waals surface area contributed by atoms with Crippen molar-refractivity contribution < 1.29 is 14.1 Å².